The Kier molecular flexibility index (Phi) is 6.43. The number of ether oxygens (including phenoxy) is 2. The van der Waals surface area contributed by atoms with Crippen LogP contribution in [0.4, 0.5) is 5.69 Å². The van der Waals surface area contributed by atoms with Crippen molar-refractivity contribution in [3.05, 3.63) is 58.9 Å². The van der Waals surface area contributed by atoms with E-state index in [9.17, 15) is 4.79 Å². The first-order valence-electron chi connectivity index (χ1n) is 10.9. The number of benzene rings is 2. The second-order valence-electron chi connectivity index (χ2n) is 8.26. The summed E-state index contributed by atoms with van der Waals surface area (Å²) in [7, 11) is 1.39. The monoisotopic (exact) mass is 446 g/mol. The lowest BCUT2D eigenvalue weighted by Gasteiger charge is -2.18. The van der Waals surface area contributed by atoms with E-state index in [-0.39, 0.29) is 18.1 Å². The van der Waals surface area contributed by atoms with Gasteiger partial charge < -0.3 is 14.0 Å². The minimum Gasteiger partial charge on any atom is -0.502 e. The van der Waals surface area contributed by atoms with Crippen molar-refractivity contribution >= 4 is 11.7 Å². The Hall–Kier alpha value is -3.70. The second kappa shape index (κ2) is 9.43. The standard InChI is InChI=1S/C25H26N4O4/c1-14(2)32-22-12-9-16(13-21(22)26-4)24-28-23(29-33-24)19-8-6-7-18-17(19)10-11-20(18)27-15(3)25(30)31-5/h6-9,12-15,20,27H,10-11H2,1-3,5H3/t15-,20+/m0/s1. The molecule has 0 radical (unpaired) electrons. The second-order valence-corrected chi connectivity index (χ2v) is 8.26. The fourth-order valence-electron chi connectivity index (χ4n) is 4.13. The summed E-state index contributed by atoms with van der Waals surface area (Å²) in [6.07, 6.45) is 1.68. The van der Waals surface area contributed by atoms with Gasteiger partial charge in [0, 0.05) is 17.2 Å². The van der Waals surface area contributed by atoms with Gasteiger partial charge in [0.25, 0.3) is 5.89 Å². The molecular weight excluding hydrogens is 420 g/mol. The molecule has 1 N–H and O–H groups in total. The van der Waals surface area contributed by atoms with E-state index in [1.165, 1.54) is 7.11 Å². The molecule has 4 rings (SSSR count). The molecule has 0 bridgehead atoms. The van der Waals surface area contributed by atoms with Gasteiger partial charge in [-0.15, -0.1) is 0 Å². The number of esters is 1. The summed E-state index contributed by atoms with van der Waals surface area (Å²) >= 11 is 0. The maximum Gasteiger partial charge on any atom is 0.322 e. The molecule has 2 aromatic carbocycles. The Morgan fingerprint density at radius 1 is 1.27 bits per heavy atom. The number of carbonyl (C=O) groups is 1. The van der Waals surface area contributed by atoms with Gasteiger partial charge in [-0.2, -0.15) is 4.98 Å². The molecule has 0 fully saturated rings. The molecule has 1 heterocycles. The normalized spacial score (nSPS) is 15.7. The van der Waals surface area contributed by atoms with Crippen molar-refractivity contribution in [1.29, 1.82) is 0 Å². The van der Waals surface area contributed by atoms with Crippen molar-refractivity contribution in [2.75, 3.05) is 7.11 Å². The highest BCUT2D eigenvalue weighted by molar-refractivity contribution is 5.75. The maximum atomic E-state index is 11.8. The van der Waals surface area contributed by atoms with Crippen molar-refractivity contribution in [1.82, 2.24) is 15.5 Å². The van der Waals surface area contributed by atoms with Crippen LogP contribution in [0.25, 0.3) is 27.7 Å². The maximum absolute atomic E-state index is 11.8. The van der Waals surface area contributed by atoms with Gasteiger partial charge in [-0.1, -0.05) is 23.4 Å². The number of fused-ring (bicyclic) bond motifs is 1. The van der Waals surface area contributed by atoms with Crippen molar-refractivity contribution < 1.29 is 18.8 Å². The zero-order valence-corrected chi connectivity index (χ0v) is 19.1. The van der Waals surface area contributed by atoms with Crippen molar-refractivity contribution in [2.45, 2.75) is 51.8 Å². The minimum atomic E-state index is -0.398. The number of aromatic nitrogens is 2. The third kappa shape index (κ3) is 4.59. The summed E-state index contributed by atoms with van der Waals surface area (Å²) in [5.41, 5.74) is 4.23. The Labute approximate surface area is 192 Å². The van der Waals surface area contributed by atoms with Crippen LogP contribution in [0.3, 0.4) is 0 Å². The first-order chi connectivity index (χ1) is 15.9. The summed E-state index contributed by atoms with van der Waals surface area (Å²) in [5.74, 6) is 1.08. The zero-order valence-electron chi connectivity index (χ0n) is 19.1. The number of rotatable bonds is 7. The molecule has 0 saturated heterocycles. The van der Waals surface area contributed by atoms with E-state index >= 15 is 0 Å². The highest BCUT2D eigenvalue weighted by Gasteiger charge is 2.29. The predicted octanol–water partition coefficient (Wildman–Crippen LogP) is 4.88. The minimum absolute atomic E-state index is 0.0274. The van der Waals surface area contributed by atoms with Gasteiger partial charge in [-0.3, -0.25) is 10.1 Å². The molecule has 3 aromatic rings. The molecule has 8 nitrogen and oxygen atoms in total. The molecule has 2 atom stereocenters. The molecule has 170 valence electrons. The quantitative estimate of drug-likeness (QED) is 0.408. The van der Waals surface area contributed by atoms with E-state index in [0.717, 1.165) is 29.5 Å². The number of nitrogens with zero attached hydrogens (tertiary/aromatic N) is 3. The molecule has 0 spiro atoms. The van der Waals surface area contributed by atoms with E-state index < -0.39 is 6.04 Å². The van der Waals surface area contributed by atoms with Gasteiger partial charge in [0.15, 0.2) is 0 Å². The van der Waals surface area contributed by atoms with Gasteiger partial charge >= 0.3 is 5.97 Å². The number of nitrogens with one attached hydrogen (secondary N) is 1. The third-order valence-electron chi connectivity index (χ3n) is 5.63. The molecule has 1 aromatic heterocycles. The topological polar surface area (TPSA) is 90.8 Å². The van der Waals surface area contributed by atoms with Crippen LogP contribution in [0.1, 0.15) is 44.4 Å². The van der Waals surface area contributed by atoms with Gasteiger partial charge in [0.05, 0.1) is 19.8 Å². The van der Waals surface area contributed by atoms with Crippen LogP contribution < -0.4 is 10.1 Å². The number of carbonyl (C=O) groups excluding carboxylic acids is 1. The van der Waals surface area contributed by atoms with Crippen LogP contribution >= 0.6 is 0 Å². The SMILES string of the molecule is [C-]#[N+]c1cc(-c2nc(-c3cccc4c3CC[C@H]4N[C@@H](C)C(=O)OC)no2)ccc1OC(C)C. The molecular formula is C25H26N4O4. The van der Waals surface area contributed by atoms with Crippen molar-refractivity contribution in [2.24, 2.45) is 0 Å². The first-order valence-corrected chi connectivity index (χ1v) is 10.9. The first kappa shape index (κ1) is 22.5. The van der Waals surface area contributed by atoms with Crippen LogP contribution in [0, 0.1) is 6.57 Å². The number of hydrogen-bond donors (Lipinski definition) is 1. The smallest absolute Gasteiger partial charge is 0.322 e. The summed E-state index contributed by atoms with van der Waals surface area (Å²) < 4.78 is 16.1. The lowest BCUT2D eigenvalue weighted by molar-refractivity contribution is -0.142. The fraction of sp³-hybridized carbons (Fsp3) is 0.360. The largest absolute Gasteiger partial charge is 0.502 e. The number of hydrogen-bond acceptors (Lipinski definition) is 7. The molecule has 33 heavy (non-hydrogen) atoms. The van der Waals surface area contributed by atoms with Crippen LogP contribution in [0.5, 0.6) is 5.75 Å². The summed E-state index contributed by atoms with van der Waals surface area (Å²) in [6.45, 7) is 13.1. The van der Waals surface area contributed by atoms with Crippen LogP contribution in [0.2, 0.25) is 0 Å². The zero-order chi connectivity index (χ0) is 23.5. The van der Waals surface area contributed by atoms with E-state index in [1.54, 1.807) is 19.1 Å². The van der Waals surface area contributed by atoms with Crippen LogP contribution in [-0.2, 0) is 16.0 Å². The molecule has 1 aliphatic rings. The van der Waals surface area contributed by atoms with E-state index in [2.05, 4.69) is 26.4 Å². The van der Waals surface area contributed by atoms with E-state index in [1.807, 2.05) is 32.0 Å². The highest BCUT2D eigenvalue weighted by Crippen LogP contribution is 2.38. The summed E-state index contributed by atoms with van der Waals surface area (Å²) in [5, 5.41) is 7.55. The fourth-order valence-corrected chi connectivity index (χ4v) is 4.13. The van der Waals surface area contributed by atoms with Gasteiger partial charge in [0.2, 0.25) is 11.5 Å². The van der Waals surface area contributed by atoms with Crippen molar-refractivity contribution in [3.63, 3.8) is 0 Å². The third-order valence-corrected chi connectivity index (χ3v) is 5.63. The molecule has 0 aliphatic heterocycles. The Morgan fingerprint density at radius 3 is 2.82 bits per heavy atom. The average Bonchev–Trinajstić information content (AvgIpc) is 3.46. The predicted molar refractivity (Wildman–Crippen MR) is 123 cm³/mol. The molecule has 0 unspecified atom stereocenters. The van der Waals surface area contributed by atoms with Gasteiger partial charge in [0.1, 0.15) is 11.8 Å². The van der Waals surface area contributed by atoms with Gasteiger partial charge in [-0.05, 0) is 62.9 Å². The Bertz CT molecular complexity index is 1210. The van der Waals surface area contributed by atoms with E-state index in [0.29, 0.717) is 28.7 Å². The van der Waals surface area contributed by atoms with Crippen LogP contribution in [0.15, 0.2) is 40.9 Å². The lowest BCUT2D eigenvalue weighted by Crippen LogP contribution is -2.36. The average molecular weight is 447 g/mol. The van der Waals surface area contributed by atoms with Crippen LogP contribution in [-0.4, -0.2) is 35.4 Å². The molecule has 0 amide bonds. The molecule has 1 aliphatic carbocycles. The van der Waals surface area contributed by atoms with E-state index in [4.69, 9.17) is 20.6 Å². The summed E-state index contributed by atoms with van der Waals surface area (Å²) in [4.78, 5) is 20.0. The summed E-state index contributed by atoms with van der Waals surface area (Å²) in [6, 6.07) is 10.9. The highest BCUT2D eigenvalue weighted by atomic mass is 16.5. The Morgan fingerprint density at radius 2 is 2.09 bits per heavy atom. The molecule has 0 saturated carbocycles. The number of methoxy groups -OCH3 is 1. The lowest BCUT2D eigenvalue weighted by atomic mass is 10.0. The van der Waals surface area contributed by atoms with Crippen molar-refractivity contribution in [3.8, 4) is 28.6 Å². The Balaban J connectivity index is 1.61. The molecule has 8 heteroatoms. The van der Waals surface area contributed by atoms with Gasteiger partial charge in [-0.25, -0.2) is 4.85 Å².